The summed E-state index contributed by atoms with van der Waals surface area (Å²) in [6, 6.07) is 6.32. The average Bonchev–Trinajstić information content (AvgIpc) is 3.10. The van der Waals surface area contributed by atoms with Gasteiger partial charge in [-0.05, 0) is 70.1 Å². The number of benzene rings is 2. The monoisotopic (exact) mass is 466 g/mol. The van der Waals surface area contributed by atoms with Crippen LogP contribution in [0.15, 0.2) is 28.7 Å². The van der Waals surface area contributed by atoms with E-state index in [1.54, 1.807) is 19.1 Å². The number of halogens is 2. The van der Waals surface area contributed by atoms with E-state index in [1.807, 2.05) is 19.6 Å². The van der Waals surface area contributed by atoms with Gasteiger partial charge in [-0.3, -0.25) is 0 Å². The quantitative estimate of drug-likeness (QED) is 0.186. The molecule has 1 heterocycles. The van der Waals surface area contributed by atoms with Crippen molar-refractivity contribution in [1.82, 2.24) is 0 Å². The van der Waals surface area contributed by atoms with Crippen molar-refractivity contribution in [2.75, 3.05) is 19.8 Å². The van der Waals surface area contributed by atoms with E-state index in [4.69, 9.17) is 23.1 Å². The van der Waals surface area contributed by atoms with Crippen molar-refractivity contribution in [1.29, 1.82) is 0 Å². The number of ether oxygens (including phenoxy) is 3. The zero-order valence-corrected chi connectivity index (χ0v) is 19.8. The van der Waals surface area contributed by atoms with Gasteiger partial charge in [0.05, 0.1) is 19.8 Å². The second-order valence-electron chi connectivity index (χ2n) is 8.27. The third-order valence-corrected chi connectivity index (χ3v) is 5.35. The lowest BCUT2D eigenvalue weighted by Gasteiger charge is -2.16. The van der Waals surface area contributed by atoms with Crippen molar-refractivity contribution in [3.8, 4) is 11.5 Å². The third kappa shape index (κ3) is 5.70. The van der Waals surface area contributed by atoms with Crippen LogP contribution in [-0.4, -0.2) is 34.3 Å². The van der Waals surface area contributed by atoms with E-state index in [0.29, 0.717) is 30.2 Å². The summed E-state index contributed by atoms with van der Waals surface area (Å²) >= 11 is 0. The van der Waals surface area contributed by atoms with Crippen molar-refractivity contribution >= 4 is 36.4 Å². The molecule has 0 unspecified atom stereocenters. The molecule has 0 aliphatic rings. The van der Waals surface area contributed by atoms with Gasteiger partial charge in [0.25, 0.3) is 8.32 Å². The van der Waals surface area contributed by atoms with E-state index in [-0.39, 0.29) is 35.9 Å². The molecule has 0 aliphatic heterocycles. The zero-order valence-electron chi connectivity index (χ0n) is 18.8. The van der Waals surface area contributed by atoms with Crippen molar-refractivity contribution < 1.29 is 36.6 Å². The van der Waals surface area contributed by atoms with Gasteiger partial charge in [0, 0.05) is 10.8 Å². The number of hydrogen-bond acceptors (Lipinski definition) is 6. The smallest absolute Gasteiger partial charge is 0.491 e. The third-order valence-electron chi connectivity index (χ3n) is 4.57. The predicted octanol–water partition coefficient (Wildman–Crippen LogP) is 6.80. The molecule has 0 amide bonds. The van der Waals surface area contributed by atoms with Crippen molar-refractivity contribution in [3.05, 3.63) is 35.9 Å². The van der Waals surface area contributed by atoms with E-state index >= 15 is 0 Å². The first kappa shape index (κ1) is 23.8. The lowest BCUT2D eigenvalue weighted by atomic mass is 10.1. The first-order valence-electron chi connectivity index (χ1n) is 10.7. The molecular weight excluding hydrogens is 438 g/mol. The van der Waals surface area contributed by atoms with Crippen LogP contribution in [0.5, 0.6) is 11.5 Å². The number of unbranched alkanes of at least 4 members (excludes halogenated alkanes) is 2. The van der Waals surface area contributed by atoms with Crippen molar-refractivity contribution in [3.63, 3.8) is 0 Å². The van der Waals surface area contributed by atoms with Gasteiger partial charge in [-0.25, -0.2) is 4.79 Å². The molecule has 1 aromatic heterocycles. The Kier molecular flexibility index (Phi) is 7.60. The van der Waals surface area contributed by atoms with Gasteiger partial charge in [-0.15, -0.1) is 0 Å². The fourth-order valence-corrected chi connectivity index (χ4v) is 3.74. The average molecular weight is 467 g/mol. The number of rotatable bonds is 10. The highest BCUT2D eigenvalue weighted by atomic mass is 28.4. The molecule has 32 heavy (non-hydrogen) atoms. The maximum atomic E-state index is 14.9. The van der Waals surface area contributed by atoms with Gasteiger partial charge in [0.15, 0.2) is 22.7 Å². The fraction of sp³-hybridized carbons (Fsp3) is 0.435. The minimum absolute atomic E-state index is 0.0389. The summed E-state index contributed by atoms with van der Waals surface area (Å²) in [6.07, 6.45) is 1.40. The molecule has 0 atom stereocenters. The van der Waals surface area contributed by atoms with Crippen LogP contribution < -0.4 is 9.47 Å². The molecule has 2 aromatic carbocycles. The second-order valence-corrected chi connectivity index (χ2v) is 12.7. The van der Waals surface area contributed by atoms with Gasteiger partial charge in [-0.1, -0.05) is 0 Å². The summed E-state index contributed by atoms with van der Waals surface area (Å²) in [5, 5.41) is 0.938. The first-order chi connectivity index (χ1) is 15.2. The van der Waals surface area contributed by atoms with Crippen molar-refractivity contribution in [2.45, 2.75) is 45.8 Å². The Balaban J connectivity index is 1.54. The summed E-state index contributed by atoms with van der Waals surface area (Å²) in [4.78, 5) is 11.5. The zero-order chi connectivity index (χ0) is 23.3. The Bertz CT molecular complexity index is 1090. The maximum absolute atomic E-state index is 14.9. The van der Waals surface area contributed by atoms with Gasteiger partial charge in [0.1, 0.15) is 0 Å². The largest absolute Gasteiger partial charge is 0.494 e. The molecule has 3 rings (SSSR count). The Morgan fingerprint density at radius 3 is 2.00 bits per heavy atom. The van der Waals surface area contributed by atoms with Crippen molar-refractivity contribution in [2.24, 2.45) is 0 Å². The molecule has 3 aromatic rings. The van der Waals surface area contributed by atoms with Crippen LogP contribution in [0, 0.1) is 11.6 Å². The lowest BCUT2D eigenvalue weighted by Crippen LogP contribution is -2.29. The summed E-state index contributed by atoms with van der Waals surface area (Å²) in [5.74, 6) is -1.22. The second kappa shape index (κ2) is 10.2. The van der Waals surface area contributed by atoms with E-state index in [9.17, 15) is 13.6 Å². The SMILES string of the molecule is CCOc1ccc2c(oc3c(F)c(OCCCCCOC(=O)O[Si](C)(C)C)ccc32)c1F. The van der Waals surface area contributed by atoms with Crippen LogP contribution in [-0.2, 0) is 9.16 Å². The summed E-state index contributed by atoms with van der Waals surface area (Å²) in [7, 11) is -1.95. The summed E-state index contributed by atoms with van der Waals surface area (Å²) in [6.45, 7) is 8.32. The Hall–Kier alpha value is -2.81. The van der Waals surface area contributed by atoms with E-state index < -0.39 is 26.1 Å². The normalized spacial score (nSPS) is 11.7. The molecule has 0 spiro atoms. The number of hydrogen-bond donors (Lipinski definition) is 0. The highest BCUT2D eigenvalue weighted by Crippen LogP contribution is 2.37. The molecule has 0 bridgehead atoms. The molecule has 0 saturated carbocycles. The highest BCUT2D eigenvalue weighted by molar-refractivity contribution is 6.71. The topological polar surface area (TPSA) is 67.1 Å². The lowest BCUT2D eigenvalue weighted by molar-refractivity contribution is 0.0950. The van der Waals surface area contributed by atoms with Gasteiger partial charge < -0.3 is 23.1 Å². The van der Waals surface area contributed by atoms with Gasteiger partial charge in [0.2, 0.25) is 11.6 Å². The van der Waals surface area contributed by atoms with Crippen LogP contribution >= 0.6 is 0 Å². The van der Waals surface area contributed by atoms with Crippen LogP contribution in [0.4, 0.5) is 13.6 Å². The molecule has 0 N–H and O–H groups in total. The minimum atomic E-state index is -1.95. The molecule has 174 valence electrons. The van der Waals surface area contributed by atoms with Crippen LogP contribution in [0.3, 0.4) is 0 Å². The summed E-state index contributed by atoms with van der Waals surface area (Å²) < 4.78 is 56.0. The Morgan fingerprint density at radius 1 is 0.875 bits per heavy atom. The fourth-order valence-electron chi connectivity index (χ4n) is 3.18. The van der Waals surface area contributed by atoms with E-state index in [0.717, 1.165) is 6.42 Å². The molecule has 0 fully saturated rings. The van der Waals surface area contributed by atoms with Crippen LogP contribution in [0.1, 0.15) is 26.2 Å². The van der Waals surface area contributed by atoms with Crippen LogP contribution in [0.25, 0.3) is 21.9 Å². The molecule has 0 saturated heterocycles. The minimum Gasteiger partial charge on any atom is -0.491 e. The number of fused-ring (bicyclic) bond motifs is 3. The first-order valence-corrected chi connectivity index (χ1v) is 14.1. The van der Waals surface area contributed by atoms with Crippen LogP contribution in [0.2, 0.25) is 19.6 Å². The standard InChI is InChI=1S/C23H28F2O6Si/c1-5-27-17-11-9-15-16-10-12-18(20(25)22(16)30-21(15)19(17)24)28-13-7-6-8-14-29-23(26)31-32(2,3)4/h9-12H,5-8,13-14H2,1-4H3. The molecule has 6 nitrogen and oxygen atoms in total. The molecule has 0 aliphatic carbocycles. The van der Waals surface area contributed by atoms with E-state index in [1.165, 1.54) is 12.1 Å². The summed E-state index contributed by atoms with van der Waals surface area (Å²) in [5.41, 5.74) is -0.103. The molecular formula is C23H28F2O6Si. The molecule has 9 heteroatoms. The van der Waals surface area contributed by atoms with E-state index in [2.05, 4.69) is 0 Å². The Morgan fingerprint density at radius 2 is 1.44 bits per heavy atom. The Labute approximate surface area is 186 Å². The number of carbonyl (C=O) groups excluding carboxylic acids is 1. The highest BCUT2D eigenvalue weighted by Gasteiger charge is 2.21. The number of furan rings is 1. The van der Waals surface area contributed by atoms with Gasteiger partial charge in [-0.2, -0.15) is 8.78 Å². The number of carbonyl (C=O) groups is 1. The predicted molar refractivity (Wildman–Crippen MR) is 120 cm³/mol. The molecule has 0 radical (unpaired) electrons. The van der Waals surface area contributed by atoms with Gasteiger partial charge >= 0.3 is 6.16 Å². The maximum Gasteiger partial charge on any atom is 0.494 e.